The van der Waals surface area contributed by atoms with Crippen LogP contribution in [0.4, 0.5) is 0 Å². The SMILES string of the molecule is Cc1ccc(C(=O)N[C@H](C)c2ccc3c(c2)OCO3)cc1. The Hall–Kier alpha value is -2.49. The number of fused-ring (bicyclic) bond motifs is 1. The summed E-state index contributed by atoms with van der Waals surface area (Å²) in [5.74, 6) is 1.39. The van der Waals surface area contributed by atoms with Crippen molar-refractivity contribution < 1.29 is 14.3 Å². The lowest BCUT2D eigenvalue weighted by Gasteiger charge is -2.15. The molecule has 0 radical (unpaired) electrons. The van der Waals surface area contributed by atoms with Crippen LogP contribution in [0.3, 0.4) is 0 Å². The first-order chi connectivity index (χ1) is 10.1. The van der Waals surface area contributed by atoms with Gasteiger partial charge in [0.2, 0.25) is 6.79 Å². The molecule has 21 heavy (non-hydrogen) atoms. The maximum absolute atomic E-state index is 12.2. The van der Waals surface area contributed by atoms with Crippen molar-refractivity contribution in [1.29, 1.82) is 0 Å². The number of carbonyl (C=O) groups excluding carboxylic acids is 1. The molecule has 1 aliphatic rings. The summed E-state index contributed by atoms with van der Waals surface area (Å²) in [4.78, 5) is 12.2. The smallest absolute Gasteiger partial charge is 0.251 e. The van der Waals surface area contributed by atoms with Gasteiger partial charge in [0.25, 0.3) is 5.91 Å². The van der Waals surface area contributed by atoms with Crippen LogP contribution in [-0.4, -0.2) is 12.7 Å². The van der Waals surface area contributed by atoms with Crippen LogP contribution >= 0.6 is 0 Å². The second-order valence-electron chi connectivity index (χ2n) is 5.17. The van der Waals surface area contributed by atoms with Gasteiger partial charge in [0, 0.05) is 5.56 Å². The van der Waals surface area contributed by atoms with Gasteiger partial charge in [-0.25, -0.2) is 0 Å². The van der Waals surface area contributed by atoms with Gasteiger partial charge in [-0.05, 0) is 43.7 Å². The summed E-state index contributed by atoms with van der Waals surface area (Å²) in [5, 5.41) is 2.99. The number of carbonyl (C=O) groups is 1. The first kappa shape index (κ1) is 13.5. The van der Waals surface area contributed by atoms with Crippen molar-refractivity contribution in [3.63, 3.8) is 0 Å². The van der Waals surface area contributed by atoms with Crippen molar-refractivity contribution in [2.45, 2.75) is 19.9 Å². The number of hydrogen-bond donors (Lipinski definition) is 1. The molecule has 0 fully saturated rings. The molecule has 0 saturated heterocycles. The van der Waals surface area contributed by atoms with Crippen LogP contribution in [-0.2, 0) is 0 Å². The molecule has 4 nitrogen and oxygen atoms in total. The lowest BCUT2D eigenvalue weighted by molar-refractivity contribution is 0.0940. The summed E-state index contributed by atoms with van der Waals surface area (Å²) in [5.41, 5.74) is 2.78. The third-order valence-electron chi connectivity index (χ3n) is 3.56. The standard InChI is InChI=1S/C17H17NO3/c1-11-3-5-13(6-4-11)17(19)18-12(2)14-7-8-15-16(9-14)21-10-20-15/h3-9,12H,10H2,1-2H3,(H,18,19)/t12-/m1/s1. The number of aryl methyl sites for hydroxylation is 1. The summed E-state index contributed by atoms with van der Waals surface area (Å²) in [6, 6.07) is 13.1. The quantitative estimate of drug-likeness (QED) is 0.941. The Bertz CT molecular complexity index is 664. The Morgan fingerprint density at radius 3 is 2.57 bits per heavy atom. The molecular formula is C17H17NO3. The van der Waals surface area contributed by atoms with Crippen molar-refractivity contribution in [3.8, 4) is 11.5 Å². The minimum atomic E-state index is -0.103. The fourth-order valence-corrected chi connectivity index (χ4v) is 2.25. The van der Waals surface area contributed by atoms with Gasteiger partial charge in [-0.1, -0.05) is 23.8 Å². The molecule has 0 aromatic heterocycles. The van der Waals surface area contributed by atoms with E-state index in [1.54, 1.807) is 0 Å². The number of benzene rings is 2. The molecule has 1 heterocycles. The number of rotatable bonds is 3. The Labute approximate surface area is 123 Å². The van der Waals surface area contributed by atoms with E-state index in [2.05, 4.69) is 5.32 Å². The van der Waals surface area contributed by atoms with E-state index in [-0.39, 0.29) is 18.7 Å². The highest BCUT2D eigenvalue weighted by atomic mass is 16.7. The molecule has 0 bridgehead atoms. The zero-order valence-corrected chi connectivity index (χ0v) is 12.1. The third-order valence-corrected chi connectivity index (χ3v) is 3.56. The largest absolute Gasteiger partial charge is 0.454 e. The normalized spacial score (nSPS) is 13.8. The predicted octanol–water partition coefficient (Wildman–Crippen LogP) is 3.21. The fraction of sp³-hybridized carbons (Fsp3) is 0.235. The maximum atomic E-state index is 12.2. The average molecular weight is 283 g/mol. The van der Waals surface area contributed by atoms with Crippen molar-refractivity contribution in [3.05, 3.63) is 59.2 Å². The summed E-state index contributed by atoms with van der Waals surface area (Å²) in [7, 11) is 0. The van der Waals surface area contributed by atoms with Gasteiger partial charge >= 0.3 is 0 Å². The maximum Gasteiger partial charge on any atom is 0.251 e. The monoisotopic (exact) mass is 283 g/mol. The van der Waals surface area contributed by atoms with Gasteiger partial charge in [0.05, 0.1) is 6.04 Å². The topological polar surface area (TPSA) is 47.6 Å². The fourth-order valence-electron chi connectivity index (χ4n) is 2.25. The molecule has 0 unspecified atom stereocenters. The Morgan fingerprint density at radius 2 is 1.81 bits per heavy atom. The van der Waals surface area contributed by atoms with Gasteiger partial charge in [0.15, 0.2) is 11.5 Å². The molecule has 2 aromatic carbocycles. The van der Waals surface area contributed by atoms with Gasteiger partial charge < -0.3 is 14.8 Å². The van der Waals surface area contributed by atoms with Crippen LogP contribution in [0.2, 0.25) is 0 Å². The van der Waals surface area contributed by atoms with Gasteiger partial charge in [-0.3, -0.25) is 4.79 Å². The molecule has 3 rings (SSSR count). The zero-order chi connectivity index (χ0) is 14.8. The van der Waals surface area contributed by atoms with E-state index in [9.17, 15) is 4.79 Å². The van der Waals surface area contributed by atoms with E-state index >= 15 is 0 Å². The molecule has 1 atom stereocenters. The molecule has 0 spiro atoms. The zero-order valence-electron chi connectivity index (χ0n) is 12.1. The first-order valence-electron chi connectivity index (χ1n) is 6.90. The Morgan fingerprint density at radius 1 is 1.10 bits per heavy atom. The lowest BCUT2D eigenvalue weighted by atomic mass is 10.1. The van der Waals surface area contributed by atoms with Gasteiger partial charge in [0.1, 0.15) is 0 Å². The summed E-state index contributed by atoms with van der Waals surface area (Å²) < 4.78 is 10.6. The molecule has 0 aliphatic carbocycles. The molecule has 4 heteroatoms. The minimum Gasteiger partial charge on any atom is -0.454 e. The van der Waals surface area contributed by atoms with E-state index in [0.717, 1.165) is 22.6 Å². The summed E-state index contributed by atoms with van der Waals surface area (Å²) >= 11 is 0. The van der Waals surface area contributed by atoms with E-state index in [1.807, 2.05) is 56.3 Å². The molecular weight excluding hydrogens is 266 g/mol. The number of ether oxygens (including phenoxy) is 2. The average Bonchev–Trinajstić information content (AvgIpc) is 2.95. The van der Waals surface area contributed by atoms with Gasteiger partial charge in [-0.2, -0.15) is 0 Å². The highest BCUT2D eigenvalue weighted by molar-refractivity contribution is 5.94. The Kier molecular flexibility index (Phi) is 3.52. The van der Waals surface area contributed by atoms with Crippen molar-refractivity contribution in [2.24, 2.45) is 0 Å². The second-order valence-corrected chi connectivity index (χ2v) is 5.17. The van der Waals surface area contributed by atoms with Crippen LogP contribution in [0.25, 0.3) is 0 Å². The molecule has 1 aliphatic heterocycles. The highest BCUT2D eigenvalue weighted by Gasteiger charge is 2.17. The van der Waals surface area contributed by atoms with Crippen LogP contribution in [0.1, 0.15) is 34.5 Å². The summed E-state index contributed by atoms with van der Waals surface area (Å²) in [6.07, 6.45) is 0. The molecule has 1 amide bonds. The predicted molar refractivity (Wildman–Crippen MR) is 79.6 cm³/mol. The molecule has 0 saturated carbocycles. The lowest BCUT2D eigenvalue weighted by Crippen LogP contribution is -2.26. The van der Waals surface area contributed by atoms with Crippen LogP contribution < -0.4 is 14.8 Å². The van der Waals surface area contributed by atoms with Crippen LogP contribution in [0, 0.1) is 6.92 Å². The number of amides is 1. The van der Waals surface area contributed by atoms with E-state index in [0.29, 0.717) is 5.56 Å². The van der Waals surface area contributed by atoms with Gasteiger partial charge in [-0.15, -0.1) is 0 Å². The third kappa shape index (κ3) is 2.84. The second kappa shape index (κ2) is 5.48. The number of hydrogen-bond acceptors (Lipinski definition) is 3. The van der Waals surface area contributed by atoms with E-state index < -0.39 is 0 Å². The molecule has 108 valence electrons. The molecule has 2 aromatic rings. The number of nitrogens with one attached hydrogen (secondary N) is 1. The van der Waals surface area contributed by atoms with Crippen molar-refractivity contribution >= 4 is 5.91 Å². The van der Waals surface area contributed by atoms with E-state index in [1.165, 1.54) is 0 Å². The summed E-state index contributed by atoms with van der Waals surface area (Å²) in [6.45, 7) is 4.20. The highest BCUT2D eigenvalue weighted by Crippen LogP contribution is 2.34. The van der Waals surface area contributed by atoms with Crippen molar-refractivity contribution in [1.82, 2.24) is 5.32 Å². The van der Waals surface area contributed by atoms with Crippen LogP contribution in [0.15, 0.2) is 42.5 Å². The first-order valence-corrected chi connectivity index (χ1v) is 6.90. The minimum absolute atomic E-state index is 0.0832. The van der Waals surface area contributed by atoms with E-state index in [4.69, 9.17) is 9.47 Å². The Balaban J connectivity index is 1.72. The molecule has 1 N–H and O–H groups in total. The van der Waals surface area contributed by atoms with Crippen molar-refractivity contribution in [2.75, 3.05) is 6.79 Å². The van der Waals surface area contributed by atoms with Crippen LogP contribution in [0.5, 0.6) is 11.5 Å².